The number of carbonyl (C=O) groups is 1. The molecule has 0 spiro atoms. The fourth-order valence-corrected chi connectivity index (χ4v) is 3.04. The molecule has 36 heteroatoms. The Hall–Kier alpha value is -2.91. The van der Waals surface area contributed by atoms with Gasteiger partial charge in [-0.15, -0.1) is 0 Å². The number of carboxylic acid groups (broad SMARTS) is 1. The Balaban J connectivity index is 7.80. The van der Waals surface area contributed by atoms with Crippen LogP contribution in [0.4, 0.5) is 149 Å². The summed E-state index contributed by atoms with van der Waals surface area (Å²) in [5.74, 6) is -159. The molecule has 1 N–H and O–H groups in total. The van der Waals surface area contributed by atoms with E-state index < -0.39 is 107 Å². The van der Waals surface area contributed by atoms with E-state index in [1.54, 1.807) is 0 Å². The number of hydrogen-bond acceptors (Lipinski definition) is 1. The predicted molar refractivity (Wildman–Crippen MR) is 92.8 cm³/mol. The average molecular weight is 896 g/mol. The molecule has 54 heavy (non-hydrogen) atoms. The molecule has 0 heterocycles. The van der Waals surface area contributed by atoms with Gasteiger partial charge in [0.15, 0.2) is 0 Å². The fourth-order valence-electron chi connectivity index (χ4n) is 3.04. The van der Waals surface area contributed by atoms with Gasteiger partial charge in [0.25, 0.3) is 0 Å². The molecule has 0 aliphatic rings. The van der Waals surface area contributed by atoms with Crippen molar-refractivity contribution in [1.82, 2.24) is 0 Å². The van der Waals surface area contributed by atoms with Crippen molar-refractivity contribution in [2.75, 3.05) is 0 Å². The van der Waals surface area contributed by atoms with E-state index in [4.69, 9.17) is 5.11 Å². The molecule has 0 rings (SSSR count). The second-order valence-corrected chi connectivity index (χ2v) is 9.84. The van der Waals surface area contributed by atoms with E-state index in [1.165, 1.54) is 0 Å². The summed E-state index contributed by atoms with van der Waals surface area (Å²) in [5.41, 5.74) is 0. The van der Waals surface area contributed by atoms with Crippen LogP contribution in [-0.4, -0.2) is 112 Å². The van der Waals surface area contributed by atoms with Gasteiger partial charge in [0.1, 0.15) is 0 Å². The van der Waals surface area contributed by atoms with Crippen LogP contribution in [0.15, 0.2) is 0 Å². The molecule has 0 radical (unpaired) electrons. The summed E-state index contributed by atoms with van der Waals surface area (Å²) in [4.78, 5) is 9.95. The lowest BCUT2D eigenvalue weighted by Gasteiger charge is -2.47. The van der Waals surface area contributed by atoms with Gasteiger partial charge in [0.05, 0.1) is 0 Å². The van der Waals surface area contributed by atoms with E-state index in [-0.39, 0.29) is 0 Å². The summed E-state index contributed by atoms with van der Waals surface area (Å²) < 4.78 is 456. The van der Waals surface area contributed by atoms with Gasteiger partial charge in [0.2, 0.25) is 0 Å². The first-order chi connectivity index (χ1) is 22.6. The summed E-state index contributed by atoms with van der Waals surface area (Å²) in [6.45, 7) is 0. The second-order valence-electron chi connectivity index (χ2n) is 9.84. The van der Waals surface area contributed by atoms with Gasteiger partial charge in [-0.1, -0.05) is 0 Å². The molecular weight excluding hydrogens is 894 g/mol. The minimum atomic E-state index is -10.3. The monoisotopic (exact) mass is 896 g/mol. The number of hydrogen-bond donors (Lipinski definition) is 1. The van der Waals surface area contributed by atoms with Crippen LogP contribution in [0.5, 0.6) is 0 Å². The first kappa shape index (κ1) is 51.1. The van der Waals surface area contributed by atoms with Gasteiger partial charge in [0, 0.05) is 0 Å². The van der Waals surface area contributed by atoms with E-state index in [9.17, 15) is 154 Å². The molecule has 0 aromatic carbocycles. The van der Waals surface area contributed by atoms with E-state index >= 15 is 0 Å². The Labute approximate surface area is 268 Å². The molecule has 0 saturated heterocycles. The molecule has 0 aromatic rings. The minimum Gasteiger partial charge on any atom is -0.477 e. The Morgan fingerprint density at radius 1 is 0.278 bits per heavy atom. The highest BCUT2D eigenvalue weighted by Crippen LogP contribution is 2.70. The molecule has 0 fully saturated rings. The lowest BCUT2D eigenvalue weighted by Crippen LogP contribution is -2.80. The smallest absolute Gasteiger partial charge is 0.410 e. The second kappa shape index (κ2) is 12.3. The summed E-state index contributed by atoms with van der Waals surface area (Å²) in [5, 5.41) is 7.66. The largest absolute Gasteiger partial charge is 0.477 e. The highest BCUT2D eigenvalue weighted by atomic mass is 19.4. The van der Waals surface area contributed by atoms with E-state index in [2.05, 4.69) is 0 Å². The zero-order chi connectivity index (χ0) is 45.2. The molecule has 0 bridgehead atoms. The average Bonchev–Trinajstić information content (AvgIpc) is 2.95. The summed E-state index contributed by atoms with van der Waals surface area (Å²) in [6.07, 6.45) is -6.53. The van der Waals surface area contributed by atoms with Crippen LogP contribution < -0.4 is 0 Å². The molecule has 0 aliphatic carbocycles. The third-order valence-electron chi connectivity index (χ3n) is 6.48. The van der Waals surface area contributed by atoms with Crippen molar-refractivity contribution < 1.29 is 159 Å². The van der Waals surface area contributed by atoms with Crippen LogP contribution in [0, 0.1) is 0 Å². The highest BCUT2D eigenvalue weighted by molar-refractivity contribution is 5.77. The molecule has 0 unspecified atom stereocenters. The Kier molecular flexibility index (Phi) is 11.6. The Morgan fingerprint density at radius 2 is 0.407 bits per heavy atom. The maximum absolute atomic E-state index is 13.8. The van der Waals surface area contributed by atoms with Crippen LogP contribution in [0.1, 0.15) is 0 Å². The van der Waals surface area contributed by atoms with Crippen LogP contribution in [0.25, 0.3) is 0 Å². The van der Waals surface area contributed by atoms with Crippen molar-refractivity contribution in [2.45, 2.75) is 101 Å². The van der Waals surface area contributed by atoms with Gasteiger partial charge in [-0.3, -0.25) is 0 Å². The lowest BCUT2D eigenvalue weighted by molar-refractivity contribution is -0.489. The van der Waals surface area contributed by atoms with Crippen molar-refractivity contribution in [3.8, 4) is 0 Å². The first-order valence-corrected chi connectivity index (χ1v) is 11.2. The molecule has 324 valence electrons. The van der Waals surface area contributed by atoms with Crippen molar-refractivity contribution in [3.63, 3.8) is 0 Å². The molecule has 0 amide bonds. The number of alkyl halides is 34. The van der Waals surface area contributed by atoms with Gasteiger partial charge in [-0.05, 0) is 0 Å². The molecule has 0 aliphatic heterocycles. The van der Waals surface area contributed by atoms with Crippen molar-refractivity contribution >= 4 is 5.97 Å². The Morgan fingerprint density at radius 3 is 0.537 bits per heavy atom. The third-order valence-corrected chi connectivity index (χ3v) is 6.48. The Bertz CT molecular complexity index is 1400. The molecular formula is C18H2F34O2. The molecule has 2 nitrogen and oxygen atoms in total. The van der Waals surface area contributed by atoms with Gasteiger partial charge in [-0.2, -0.15) is 140 Å². The maximum Gasteiger partial charge on any atom is 0.410 e. The minimum absolute atomic E-state index is 4.86. The van der Waals surface area contributed by atoms with E-state index in [0.29, 0.717) is 0 Å². The van der Waals surface area contributed by atoms with Crippen LogP contribution >= 0.6 is 0 Å². The highest BCUT2D eigenvalue weighted by Gasteiger charge is 3.02. The van der Waals surface area contributed by atoms with Crippen LogP contribution in [0.3, 0.4) is 0 Å². The predicted octanol–water partition coefficient (Wildman–Crippen LogP) is 10.5. The summed E-state index contributed by atoms with van der Waals surface area (Å²) >= 11 is 0. The summed E-state index contributed by atoms with van der Waals surface area (Å²) in [7, 11) is 0. The number of halogens is 34. The van der Waals surface area contributed by atoms with E-state index in [1.807, 2.05) is 0 Å². The molecule has 0 atom stereocenters. The number of rotatable bonds is 17. The quantitative estimate of drug-likeness (QED) is 0.148. The topological polar surface area (TPSA) is 37.3 Å². The fraction of sp³-hybridized carbons (Fsp3) is 0.944. The third kappa shape index (κ3) is 5.47. The van der Waals surface area contributed by atoms with Crippen LogP contribution in [-0.2, 0) is 4.79 Å². The molecule has 0 aromatic heterocycles. The molecule has 0 saturated carbocycles. The zero-order valence-corrected chi connectivity index (χ0v) is 22.8. The normalized spacial score (nSPS) is 17.0. The number of aliphatic carboxylic acids is 1. The van der Waals surface area contributed by atoms with Crippen LogP contribution in [0.2, 0.25) is 0 Å². The number of carboxylic acids is 1. The lowest BCUT2D eigenvalue weighted by atomic mass is 9.82. The first-order valence-electron chi connectivity index (χ1n) is 11.2. The van der Waals surface area contributed by atoms with Crippen molar-refractivity contribution in [1.29, 1.82) is 0 Å². The van der Waals surface area contributed by atoms with Gasteiger partial charge in [-0.25, -0.2) is 13.6 Å². The standard InChI is InChI=1S/C18H2F34O2/c19-1(20)3(21,22)5(25,26)7(29,30)9(33,34)11(37,38)13(41,42)15(45,46)17(49,50)18(51,52)16(47,48)14(43,44)12(39,40)10(35,36)8(31,32)6(27,28)4(23,24)2(53)54/h1H,(H,53,54). The van der Waals surface area contributed by atoms with Gasteiger partial charge < -0.3 is 5.11 Å². The maximum atomic E-state index is 13.8. The van der Waals surface area contributed by atoms with Gasteiger partial charge >= 0.3 is 107 Å². The van der Waals surface area contributed by atoms with Crippen molar-refractivity contribution in [2.24, 2.45) is 0 Å². The SMILES string of the molecule is O=C(O)C(F)(F)C(F)(F)C(F)(F)C(F)(F)C(F)(F)C(F)(F)C(F)(F)C(F)(F)C(F)(F)C(F)(F)C(F)(F)C(F)(F)C(F)(F)C(F)(F)C(F)(F)C(F)(F)C(F)F. The zero-order valence-electron chi connectivity index (χ0n) is 22.8. The van der Waals surface area contributed by atoms with E-state index in [0.717, 1.165) is 0 Å². The summed E-state index contributed by atoms with van der Waals surface area (Å²) in [6, 6.07) is 0. The van der Waals surface area contributed by atoms with Crippen molar-refractivity contribution in [3.05, 3.63) is 0 Å².